The third-order valence-electron chi connectivity index (χ3n) is 2.53. The Bertz CT molecular complexity index is 448. The standard InChI is InChI=1S/C14H15FN2O/c1-2-9-17-14(18)8-5-12(10-16)11-3-6-13(15)7-4-11/h2-4,6-7,12H,1,5,8-9H2,(H,17,18). The highest BCUT2D eigenvalue weighted by Gasteiger charge is 2.12. The lowest BCUT2D eigenvalue weighted by Crippen LogP contribution is -2.23. The molecule has 1 rings (SSSR count). The molecule has 0 saturated heterocycles. The molecule has 1 amide bonds. The molecule has 0 saturated carbocycles. The predicted octanol–water partition coefficient (Wildman–Crippen LogP) is 2.52. The highest BCUT2D eigenvalue weighted by atomic mass is 19.1. The Morgan fingerprint density at radius 3 is 2.72 bits per heavy atom. The van der Waals surface area contributed by atoms with E-state index < -0.39 is 0 Å². The zero-order valence-electron chi connectivity index (χ0n) is 10.0. The number of carbonyl (C=O) groups excluding carboxylic acids is 1. The summed E-state index contributed by atoms with van der Waals surface area (Å²) in [4.78, 5) is 11.4. The number of hydrogen-bond donors (Lipinski definition) is 1. The van der Waals surface area contributed by atoms with E-state index in [4.69, 9.17) is 5.26 Å². The molecule has 4 heteroatoms. The van der Waals surface area contributed by atoms with Gasteiger partial charge in [0.1, 0.15) is 5.82 Å². The third-order valence-corrected chi connectivity index (χ3v) is 2.53. The number of hydrogen-bond acceptors (Lipinski definition) is 2. The molecule has 1 N–H and O–H groups in total. The number of nitriles is 1. The highest BCUT2D eigenvalue weighted by Crippen LogP contribution is 2.20. The number of nitrogens with one attached hydrogen (secondary N) is 1. The van der Waals surface area contributed by atoms with Crippen molar-refractivity contribution < 1.29 is 9.18 Å². The van der Waals surface area contributed by atoms with Gasteiger partial charge in [-0.15, -0.1) is 6.58 Å². The lowest BCUT2D eigenvalue weighted by atomic mass is 9.95. The number of benzene rings is 1. The van der Waals surface area contributed by atoms with Crippen molar-refractivity contribution in [3.05, 3.63) is 48.3 Å². The molecular formula is C14H15FN2O. The van der Waals surface area contributed by atoms with E-state index in [1.54, 1.807) is 18.2 Å². The van der Waals surface area contributed by atoms with Gasteiger partial charge in [0.15, 0.2) is 0 Å². The molecule has 0 aliphatic carbocycles. The summed E-state index contributed by atoms with van der Waals surface area (Å²) in [7, 11) is 0. The Kier molecular flexibility index (Phi) is 5.59. The van der Waals surface area contributed by atoms with Gasteiger partial charge < -0.3 is 5.32 Å². The van der Waals surface area contributed by atoms with Crippen molar-refractivity contribution in [1.29, 1.82) is 5.26 Å². The Balaban J connectivity index is 2.53. The van der Waals surface area contributed by atoms with Crippen LogP contribution in [0.15, 0.2) is 36.9 Å². The van der Waals surface area contributed by atoms with Gasteiger partial charge in [-0.25, -0.2) is 4.39 Å². The van der Waals surface area contributed by atoms with Gasteiger partial charge in [0, 0.05) is 13.0 Å². The molecule has 1 aromatic carbocycles. The number of carbonyl (C=O) groups is 1. The van der Waals surface area contributed by atoms with Crippen molar-refractivity contribution in [3.63, 3.8) is 0 Å². The number of halogens is 1. The molecule has 0 heterocycles. The van der Waals surface area contributed by atoms with Crippen molar-refractivity contribution >= 4 is 5.91 Å². The predicted molar refractivity (Wildman–Crippen MR) is 67.2 cm³/mol. The van der Waals surface area contributed by atoms with Crippen molar-refractivity contribution in [2.24, 2.45) is 0 Å². The molecule has 0 bridgehead atoms. The molecule has 0 aliphatic rings. The van der Waals surface area contributed by atoms with E-state index in [0.29, 0.717) is 13.0 Å². The molecule has 0 fully saturated rings. The average Bonchev–Trinajstić information content (AvgIpc) is 2.39. The molecule has 0 aliphatic heterocycles. The summed E-state index contributed by atoms with van der Waals surface area (Å²) in [6.45, 7) is 3.92. The van der Waals surface area contributed by atoms with E-state index in [1.807, 2.05) is 0 Å². The second-order valence-corrected chi connectivity index (χ2v) is 3.86. The zero-order chi connectivity index (χ0) is 13.4. The van der Waals surface area contributed by atoms with E-state index in [1.165, 1.54) is 12.1 Å². The van der Waals surface area contributed by atoms with Crippen LogP contribution in [-0.2, 0) is 4.79 Å². The minimum absolute atomic E-state index is 0.114. The summed E-state index contributed by atoms with van der Waals surface area (Å²) in [6, 6.07) is 7.91. The van der Waals surface area contributed by atoms with Crippen LogP contribution in [0.3, 0.4) is 0 Å². The monoisotopic (exact) mass is 246 g/mol. The lowest BCUT2D eigenvalue weighted by molar-refractivity contribution is -0.121. The maximum Gasteiger partial charge on any atom is 0.220 e. The first-order valence-electron chi connectivity index (χ1n) is 5.70. The van der Waals surface area contributed by atoms with Gasteiger partial charge in [-0.1, -0.05) is 18.2 Å². The maximum absolute atomic E-state index is 12.8. The van der Waals surface area contributed by atoms with Gasteiger partial charge in [0.2, 0.25) is 5.91 Å². The maximum atomic E-state index is 12.8. The summed E-state index contributed by atoms with van der Waals surface area (Å²) >= 11 is 0. The van der Waals surface area contributed by atoms with Gasteiger partial charge >= 0.3 is 0 Å². The van der Waals surface area contributed by atoms with E-state index >= 15 is 0 Å². The van der Waals surface area contributed by atoms with Crippen LogP contribution >= 0.6 is 0 Å². The molecule has 3 nitrogen and oxygen atoms in total. The first-order valence-corrected chi connectivity index (χ1v) is 5.70. The Hall–Kier alpha value is -2.15. The SMILES string of the molecule is C=CCNC(=O)CCC(C#N)c1ccc(F)cc1. The molecule has 0 spiro atoms. The fraction of sp³-hybridized carbons (Fsp3) is 0.286. The van der Waals surface area contributed by atoms with Gasteiger partial charge in [-0.2, -0.15) is 5.26 Å². The van der Waals surface area contributed by atoms with Crippen LogP contribution in [0.1, 0.15) is 24.3 Å². The summed E-state index contributed by atoms with van der Waals surface area (Å²) in [5, 5.41) is 11.7. The zero-order valence-corrected chi connectivity index (χ0v) is 10.0. The van der Waals surface area contributed by atoms with Crippen LogP contribution in [0.25, 0.3) is 0 Å². The van der Waals surface area contributed by atoms with E-state index in [9.17, 15) is 9.18 Å². The first kappa shape index (κ1) is 13.9. The van der Waals surface area contributed by atoms with Gasteiger partial charge in [-0.3, -0.25) is 4.79 Å². The molecule has 94 valence electrons. The van der Waals surface area contributed by atoms with Crippen LogP contribution in [0.5, 0.6) is 0 Å². The summed E-state index contributed by atoms with van der Waals surface area (Å²) in [5.74, 6) is -0.837. The Morgan fingerprint density at radius 2 is 2.17 bits per heavy atom. The average molecular weight is 246 g/mol. The topological polar surface area (TPSA) is 52.9 Å². The van der Waals surface area contributed by atoms with Crippen molar-refractivity contribution in [2.45, 2.75) is 18.8 Å². The summed E-state index contributed by atoms with van der Waals surface area (Å²) < 4.78 is 12.8. The largest absolute Gasteiger partial charge is 0.353 e. The fourth-order valence-corrected chi connectivity index (χ4v) is 1.55. The van der Waals surface area contributed by atoms with Gasteiger partial charge in [0.25, 0.3) is 0 Å². The molecule has 1 atom stereocenters. The lowest BCUT2D eigenvalue weighted by Gasteiger charge is -2.09. The Morgan fingerprint density at radius 1 is 1.50 bits per heavy atom. The van der Waals surface area contributed by atoms with Crippen LogP contribution in [0.4, 0.5) is 4.39 Å². The second-order valence-electron chi connectivity index (χ2n) is 3.86. The third kappa shape index (κ3) is 4.38. The summed E-state index contributed by atoms with van der Waals surface area (Å²) in [5.41, 5.74) is 0.732. The number of amides is 1. The minimum atomic E-state index is -0.389. The smallest absolute Gasteiger partial charge is 0.220 e. The minimum Gasteiger partial charge on any atom is -0.353 e. The van der Waals surface area contributed by atoms with Crippen molar-refractivity contribution in [1.82, 2.24) is 5.32 Å². The van der Waals surface area contributed by atoms with Crippen LogP contribution in [-0.4, -0.2) is 12.5 Å². The van der Waals surface area contributed by atoms with Crippen molar-refractivity contribution in [2.75, 3.05) is 6.54 Å². The highest BCUT2D eigenvalue weighted by molar-refractivity contribution is 5.76. The van der Waals surface area contributed by atoms with E-state index in [0.717, 1.165) is 5.56 Å². The molecule has 0 radical (unpaired) electrons. The fourth-order valence-electron chi connectivity index (χ4n) is 1.55. The van der Waals surface area contributed by atoms with Crippen molar-refractivity contribution in [3.8, 4) is 6.07 Å². The number of nitrogens with zero attached hydrogens (tertiary/aromatic N) is 1. The number of rotatable bonds is 6. The van der Waals surface area contributed by atoms with Crippen LogP contribution in [0.2, 0.25) is 0 Å². The first-order chi connectivity index (χ1) is 8.67. The molecule has 0 aromatic heterocycles. The van der Waals surface area contributed by atoms with Gasteiger partial charge in [-0.05, 0) is 24.1 Å². The molecule has 1 unspecified atom stereocenters. The Labute approximate surface area is 106 Å². The molecule has 1 aromatic rings. The van der Waals surface area contributed by atoms with Crippen LogP contribution < -0.4 is 5.32 Å². The van der Waals surface area contributed by atoms with E-state index in [2.05, 4.69) is 18.0 Å². The summed E-state index contributed by atoms with van der Waals surface area (Å²) in [6.07, 6.45) is 2.29. The van der Waals surface area contributed by atoms with E-state index in [-0.39, 0.29) is 24.1 Å². The molecular weight excluding hydrogens is 231 g/mol. The van der Waals surface area contributed by atoms with Crippen LogP contribution in [0, 0.1) is 17.1 Å². The molecule has 18 heavy (non-hydrogen) atoms. The van der Waals surface area contributed by atoms with Gasteiger partial charge in [0.05, 0.1) is 12.0 Å². The normalized spacial score (nSPS) is 11.3. The quantitative estimate of drug-likeness (QED) is 0.784. The second kappa shape index (κ2) is 7.23.